The molecule has 2 rings (SSSR count). The van der Waals surface area contributed by atoms with Crippen LogP contribution in [0.1, 0.15) is 41.4 Å². The van der Waals surface area contributed by atoms with Crippen molar-refractivity contribution in [2.75, 3.05) is 0 Å². The summed E-state index contributed by atoms with van der Waals surface area (Å²) in [6.07, 6.45) is 0. The third-order valence-corrected chi connectivity index (χ3v) is 3.27. The summed E-state index contributed by atoms with van der Waals surface area (Å²) in [5.74, 6) is -5.83. The lowest BCUT2D eigenvalue weighted by Gasteiger charge is -2.11. The molecule has 0 amide bonds. The molecule has 0 saturated carbocycles. The van der Waals surface area contributed by atoms with Gasteiger partial charge in [0.15, 0.2) is 0 Å². The summed E-state index contributed by atoms with van der Waals surface area (Å²) in [5, 5.41) is 36.5. The molecule has 0 radical (unpaired) electrons. The first-order valence-electron chi connectivity index (χ1n) is 6.44. The third-order valence-electron chi connectivity index (χ3n) is 3.27. The number of carboxylic acid groups (broad SMARTS) is 4. The van der Waals surface area contributed by atoms with Crippen molar-refractivity contribution in [3.63, 3.8) is 0 Å². The summed E-state index contributed by atoms with van der Waals surface area (Å²) in [6, 6.07) is 6.90. The maximum atomic E-state index is 11.4. The summed E-state index contributed by atoms with van der Waals surface area (Å²) in [5.41, 5.74) is -1.77. The zero-order valence-corrected chi connectivity index (χ0v) is 11.9. The Hall–Kier alpha value is -3.68. The summed E-state index contributed by atoms with van der Waals surface area (Å²) in [7, 11) is 0. The van der Waals surface area contributed by atoms with E-state index in [-0.39, 0.29) is 16.7 Å². The number of aromatic carboxylic acids is 4. The van der Waals surface area contributed by atoms with E-state index < -0.39 is 40.6 Å². The molecular weight excluding hydrogens is 320 g/mol. The van der Waals surface area contributed by atoms with E-state index in [0.717, 1.165) is 12.1 Å². The maximum Gasteiger partial charge on any atom is 0.336 e. The van der Waals surface area contributed by atoms with Crippen molar-refractivity contribution in [1.82, 2.24) is 0 Å². The van der Waals surface area contributed by atoms with Gasteiger partial charge in [0, 0.05) is 0 Å². The minimum Gasteiger partial charge on any atom is -0.478 e. The first-order chi connectivity index (χ1) is 11.2. The van der Waals surface area contributed by atoms with Gasteiger partial charge in [0.25, 0.3) is 0 Å². The molecule has 8 heteroatoms. The number of hydrogen-bond donors (Lipinski definition) is 4. The van der Waals surface area contributed by atoms with Crippen molar-refractivity contribution in [2.45, 2.75) is 0 Å². The molecule has 0 fully saturated rings. The van der Waals surface area contributed by atoms with E-state index >= 15 is 0 Å². The summed E-state index contributed by atoms with van der Waals surface area (Å²) in [6.45, 7) is 0. The topological polar surface area (TPSA) is 149 Å². The van der Waals surface area contributed by atoms with Crippen LogP contribution in [0.5, 0.6) is 0 Å². The molecule has 0 saturated heterocycles. The van der Waals surface area contributed by atoms with Gasteiger partial charge in [-0.2, -0.15) is 0 Å². The predicted octanol–water partition coefficient (Wildman–Crippen LogP) is 2.15. The second-order valence-electron chi connectivity index (χ2n) is 4.74. The summed E-state index contributed by atoms with van der Waals surface area (Å²) in [4.78, 5) is 44.9. The Morgan fingerprint density at radius 1 is 0.625 bits per heavy atom. The minimum absolute atomic E-state index is 0.0898. The molecule has 0 aromatic heterocycles. The molecule has 0 unspecified atom stereocenters. The smallest absolute Gasteiger partial charge is 0.336 e. The number of rotatable bonds is 5. The van der Waals surface area contributed by atoms with Crippen molar-refractivity contribution < 1.29 is 39.6 Å². The van der Waals surface area contributed by atoms with Crippen molar-refractivity contribution in [2.24, 2.45) is 0 Å². The molecule has 0 aliphatic carbocycles. The minimum atomic E-state index is -1.58. The van der Waals surface area contributed by atoms with Gasteiger partial charge in [-0.1, -0.05) is 12.1 Å². The lowest BCUT2D eigenvalue weighted by molar-refractivity contribution is 0.0649. The SMILES string of the molecule is O=C(O)c1cccc(-c2cc(C(=O)O)c(C(=O)O)cc2C(=O)O)c1. The van der Waals surface area contributed by atoms with E-state index in [0.29, 0.717) is 0 Å². The van der Waals surface area contributed by atoms with Crippen LogP contribution in [0.2, 0.25) is 0 Å². The monoisotopic (exact) mass is 330 g/mol. The van der Waals surface area contributed by atoms with Gasteiger partial charge < -0.3 is 20.4 Å². The van der Waals surface area contributed by atoms with E-state index in [2.05, 4.69) is 0 Å². The van der Waals surface area contributed by atoms with Crippen LogP contribution in [-0.2, 0) is 0 Å². The van der Waals surface area contributed by atoms with Gasteiger partial charge in [-0.3, -0.25) is 0 Å². The highest BCUT2D eigenvalue weighted by atomic mass is 16.4. The summed E-state index contributed by atoms with van der Waals surface area (Å²) < 4.78 is 0. The Bertz CT molecular complexity index is 882. The van der Waals surface area contributed by atoms with E-state index in [9.17, 15) is 24.3 Å². The van der Waals surface area contributed by atoms with Gasteiger partial charge >= 0.3 is 23.9 Å². The van der Waals surface area contributed by atoms with Gasteiger partial charge in [0.2, 0.25) is 0 Å². The Kier molecular flexibility index (Phi) is 4.32. The van der Waals surface area contributed by atoms with E-state index in [1.165, 1.54) is 24.3 Å². The van der Waals surface area contributed by atoms with Crippen LogP contribution >= 0.6 is 0 Å². The largest absolute Gasteiger partial charge is 0.478 e. The maximum absolute atomic E-state index is 11.4. The fraction of sp³-hybridized carbons (Fsp3) is 0. The van der Waals surface area contributed by atoms with Crippen molar-refractivity contribution in [1.29, 1.82) is 0 Å². The molecule has 122 valence electrons. The molecule has 0 spiro atoms. The molecule has 0 aliphatic heterocycles. The second kappa shape index (κ2) is 6.21. The zero-order valence-electron chi connectivity index (χ0n) is 11.9. The quantitative estimate of drug-likeness (QED) is 0.651. The van der Waals surface area contributed by atoms with Crippen LogP contribution in [0.3, 0.4) is 0 Å². The van der Waals surface area contributed by atoms with E-state index in [1.54, 1.807) is 0 Å². The van der Waals surface area contributed by atoms with E-state index in [4.69, 9.17) is 15.3 Å². The number of benzene rings is 2. The predicted molar refractivity (Wildman–Crippen MR) is 79.7 cm³/mol. The molecular formula is C16H10O8. The average molecular weight is 330 g/mol. The molecule has 0 atom stereocenters. The molecule has 8 nitrogen and oxygen atoms in total. The van der Waals surface area contributed by atoms with Crippen molar-refractivity contribution >= 4 is 23.9 Å². The summed E-state index contributed by atoms with van der Waals surface area (Å²) >= 11 is 0. The number of carbonyl (C=O) groups is 4. The molecule has 24 heavy (non-hydrogen) atoms. The highest BCUT2D eigenvalue weighted by molar-refractivity contribution is 6.07. The van der Waals surface area contributed by atoms with Crippen LogP contribution < -0.4 is 0 Å². The number of carboxylic acids is 4. The van der Waals surface area contributed by atoms with Crippen LogP contribution in [0, 0.1) is 0 Å². The number of hydrogen-bond acceptors (Lipinski definition) is 4. The fourth-order valence-corrected chi connectivity index (χ4v) is 2.19. The standard InChI is InChI=1S/C16H10O8/c17-13(18)8-3-1-2-7(4-8)9-5-11(15(21)22)12(16(23)24)6-10(9)14(19)20/h1-6H,(H,17,18)(H,19,20)(H,21,22)(H,23,24). The second-order valence-corrected chi connectivity index (χ2v) is 4.74. The normalized spacial score (nSPS) is 10.2. The van der Waals surface area contributed by atoms with Gasteiger partial charge in [-0.05, 0) is 35.4 Å². The molecule has 0 aliphatic rings. The highest BCUT2D eigenvalue weighted by Gasteiger charge is 2.23. The fourth-order valence-electron chi connectivity index (χ4n) is 2.19. The van der Waals surface area contributed by atoms with Gasteiger partial charge in [0.05, 0.1) is 22.3 Å². The van der Waals surface area contributed by atoms with E-state index in [1.807, 2.05) is 0 Å². The average Bonchev–Trinajstić information content (AvgIpc) is 2.53. The van der Waals surface area contributed by atoms with Crippen LogP contribution in [0.25, 0.3) is 11.1 Å². The Balaban J connectivity index is 2.82. The van der Waals surface area contributed by atoms with Crippen LogP contribution in [-0.4, -0.2) is 44.3 Å². The van der Waals surface area contributed by atoms with Gasteiger partial charge in [-0.15, -0.1) is 0 Å². The third kappa shape index (κ3) is 3.07. The van der Waals surface area contributed by atoms with Crippen LogP contribution in [0.4, 0.5) is 0 Å². The molecule has 2 aromatic carbocycles. The van der Waals surface area contributed by atoms with Crippen molar-refractivity contribution in [3.8, 4) is 11.1 Å². The Morgan fingerprint density at radius 2 is 1.17 bits per heavy atom. The van der Waals surface area contributed by atoms with Gasteiger partial charge in [-0.25, -0.2) is 19.2 Å². The first-order valence-corrected chi connectivity index (χ1v) is 6.44. The molecule has 0 bridgehead atoms. The lowest BCUT2D eigenvalue weighted by Crippen LogP contribution is -2.12. The molecule has 2 aromatic rings. The Morgan fingerprint density at radius 3 is 1.67 bits per heavy atom. The molecule has 0 heterocycles. The lowest BCUT2D eigenvalue weighted by atomic mass is 9.93. The van der Waals surface area contributed by atoms with Crippen LogP contribution in [0.15, 0.2) is 36.4 Å². The first kappa shape index (κ1) is 16.7. The van der Waals surface area contributed by atoms with Gasteiger partial charge in [0.1, 0.15) is 0 Å². The molecule has 4 N–H and O–H groups in total. The van der Waals surface area contributed by atoms with Crippen molar-refractivity contribution in [3.05, 3.63) is 58.7 Å². The highest BCUT2D eigenvalue weighted by Crippen LogP contribution is 2.28. The Labute approximate surface area is 134 Å². The zero-order chi connectivity index (χ0) is 18.0.